The van der Waals surface area contributed by atoms with E-state index in [0.29, 0.717) is 11.5 Å². The molecular weight excluding hydrogens is 330 g/mol. The van der Waals surface area contributed by atoms with Crippen LogP contribution in [-0.4, -0.2) is 33.9 Å². The fourth-order valence-electron chi connectivity index (χ4n) is 2.51. The molecule has 2 aromatic carbocycles. The lowest BCUT2D eigenvalue weighted by atomic mass is 10.2. The number of hydrogen-bond donors (Lipinski definition) is 1. The summed E-state index contributed by atoms with van der Waals surface area (Å²) in [7, 11) is 1.62. The van der Waals surface area contributed by atoms with Crippen LogP contribution < -0.4 is 14.8 Å². The van der Waals surface area contributed by atoms with Gasteiger partial charge in [0.1, 0.15) is 0 Å². The Morgan fingerprint density at radius 3 is 2.69 bits per heavy atom. The van der Waals surface area contributed by atoms with Crippen LogP contribution in [0.1, 0.15) is 25.3 Å². The first-order valence-corrected chi connectivity index (χ1v) is 8.71. The maximum atomic E-state index is 5.91. The highest BCUT2D eigenvalue weighted by Gasteiger charge is 2.14. The third-order valence-electron chi connectivity index (χ3n) is 3.91. The van der Waals surface area contributed by atoms with E-state index in [4.69, 9.17) is 9.47 Å². The fourth-order valence-corrected chi connectivity index (χ4v) is 2.51. The molecule has 1 heterocycles. The maximum Gasteiger partial charge on any atom is 0.346 e. The van der Waals surface area contributed by atoms with Gasteiger partial charge in [-0.2, -0.15) is 4.68 Å². The monoisotopic (exact) mass is 353 g/mol. The molecule has 1 N–H and O–H groups in total. The Balaban J connectivity index is 1.75. The van der Waals surface area contributed by atoms with Gasteiger partial charge in [0.25, 0.3) is 0 Å². The SMILES string of the molecule is CCCCNCc1ccc(Oc2nnnn2-c2ccccc2)c(OC)c1. The van der Waals surface area contributed by atoms with Crippen molar-refractivity contribution < 1.29 is 9.47 Å². The van der Waals surface area contributed by atoms with Gasteiger partial charge in [-0.1, -0.05) is 42.7 Å². The van der Waals surface area contributed by atoms with Gasteiger partial charge in [0.05, 0.1) is 12.8 Å². The zero-order valence-electron chi connectivity index (χ0n) is 15.1. The zero-order chi connectivity index (χ0) is 18.2. The van der Waals surface area contributed by atoms with Crippen molar-refractivity contribution in [3.8, 4) is 23.2 Å². The summed E-state index contributed by atoms with van der Waals surface area (Å²) in [5, 5.41) is 15.1. The summed E-state index contributed by atoms with van der Waals surface area (Å²) in [6.07, 6.45) is 2.35. The van der Waals surface area contributed by atoms with Crippen molar-refractivity contribution in [1.82, 2.24) is 25.5 Å². The van der Waals surface area contributed by atoms with Crippen LogP contribution in [0, 0.1) is 0 Å². The molecule has 7 nitrogen and oxygen atoms in total. The summed E-state index contributed by atoms with van der Waals surface area (Å²) < 4.78 is 12.9. The molecule has 136 valence electrons. The highest BCUT2D eigenvalue weighted by atomic mass is 16.5. The van der Waals surface area contributed by atoms with Crippen molar-refractivity contribution in [2.24, 2.45) is 0 Å². The van der Waals surface area contributed by atoms with Gasteiger partial charge in [-0.3, -0.25) is 0 Å². The van der Waals surface area contributed by atoms with E-state index in [-0.39, 0.29) is 6.01 Å². The van der Waals surface area contributed by atoms with Crippen molar-refractivity contribution in [2.75, 3.05) is 13.7 Å². The molecule has 0 radical (unpaired) electrons. The Morgan fingerprint density at radius 2 is 1.92 bits per heavy atom. The number of nitrogens with zero attached hydrogens (tertiary/aromatic N) is 4. The van der Waals surface area contributed by atoms with Crippen LogP contribution in [0.15, 0.2) is 48.5 Å². The lowest BCUT2D eigenvalue weighted by Gasteiger charge is -2.12. The summed E-state index contributed by atoms with van der Waals surface area (Å²) in [6.45, 7) is 3.97. The van der Waals surface area contributed by atoms with E-state index in [1.807, 2.05) is 48.5 Å². The molecule has 26 heavy (non-hydrogen) atoms. The van der Waals surface area contributed by atoms with Gasteiger partial charge in [0.15, 0.2) is 11.5 Å². The number of nitrogens with one attached hydrogen (secondary N) is 1. The number of ether oxygens (including phenoxy) is 2. The third kappa shape index (κ3) is 4.37. The molecule has 0 aliphatic carbocycles. The van der Waals surface area contributed by atoms with Crippen molar-refractivity contribution in [1.29, 1.82) is 0 Å². The van der Waals surface area contributed by atoms with E-state index in [1.165, 1.54) is 12.8 Å². The zero-order valence-corrected chi connectivity index (χ0v) is 15.1. The first kappa shape index (κ1) is 17.9. The van der Waals surface area contributed by atoms with Crippen LogP contribution >= 0.6 is 0 Å². The molecular formula is C19H23N5O2. The van der Waals surface area contributed by atoms with Gasteiger partial charge in [0.2, 0.25) is 0 Å². The number of unbranched alkanes of at least 4 members (excludes halogenated alkanes) is 1. The Bertz CT molecular complexity index is 820. The van der Waals surface area contributed by atoms with Crippen LogP contribution in [-0.2, 0) is 6.54 Å². The second-order valence-electron chi connectivity index (χ2n) is 5.83. The average molecular weight is 353 g/mol. The number of rotatable bonds is 9. The molecule has 0 atom stereocenters. The minimum absolute atomic E-state index is 0.281. The van der Waals surface area contributed by atoms with Gasteiger partial charge >= 0.3 is 6.01 Å². The normalized spacial score (nSPS) is 10.7. The predicted molar refractivity (Wildman–Crippen MR) is 98.8 cm³/mol. The Labute approximate surface area is 152 Å². The second kappa shape index (κ2) is 8.96. The molecule has 0 saturated heterocycles. The summed E-state index contributed by atoms with van der Waals surface area (Å²) in [6, 6.07) is 15.7. The third-order valence-corrected chi connectivity index (χ3v) is 3.91. The molecule has 7 heteroatoms. The molecule has 0 saturated carbocycles. The van der Waals surface area contributed by atoms with Crippen molar-refractivity contribution >= 4 is 0 Å². The highest BCUT2D eigenvalue weighted by molar-refractivity contribution is 5.44. The van der Waals surface area contributed by atoms with Crippen LogP contribution in [0.2, 0.25) is 0 Å². The molecule has 3 rings (SSSR count). The van der Waals surface area contributed by atoms with E-state index in [2.05, 4.69) is 27.8 Å². The van der Waals surface area contributed by atoms with Gasteiger partial charge in [-0.15, -0.1) is 0 Å². The molecule has 0 fully saturated rings. The van der Waals surface area contributed by atoms with Gasteiger partial charge < -0.3 is 14.8 Å². The van der Waals surface area contributed by atoms with Crippen molar-refractivity contribution in [2.45, 2.75) is 26.3 Å². The fraction of sp³-hybridized carbons (Fsp3) is 0.316. The summed E-state index contributed by atoms with van der Waals surface area (Å²) in [4.78, 5) is 0. The first-order chi connectivity index (χ1) is 12.8. The molecule has 0 amide bonds. The minimum Gasteiger partial charge on any atom is -0.493 e. The van der Waals surface area contributed by atoms with E-state index >= 15 is 0 Å². The Hall–Kier alpha value is -2.93. The van der Waals surface area contributed by atoms with Gasteiger partial charge in [-0.05, 0) is 53.2 Å². The van der Waals surface area contributed by atoms with Crippen molar-refractivity contribution in [3.05, 3.63) is 54.1 Å². The molecule has 0 unspecified atom stereocenters. The highest BCUT2D eigenvalue weighted by Crippen LogP contribution is 2.32. The quantitative estimate of drug-likeness (QED) is 0.595. The summed E-state index contributed by atoms with van der Waals surface area (Å²) >= 11 is 0. The van der Waals surface area contributed by atoms with E-state index < -0.39 is 0 Å². The topological polar surface area (TPSA) is 74.1 Å². The standard InChI is InChI=1S/C19H23N5O2/c1-3-4-12-20-14-15-10-11-17(18(13-15)25-2)26-19-21-22-23-24(19)16-8-6-5-7-9-16/h5-11,13,20H,3-4,12,14H2,1-2H3. The minimum atomic E-state index is 0.281. The van der Waals surface area contributed by atoms with Gasteiger partial charge in [0, 0.05) is 6.54 Å². The number of benzene rings is 2. The summed E-state index contributed by atoms with van der Waals surface area (Å²) in [5.74, 6) is 1.21. The largest absolute Gasteiger partial charge is 0.493 e. The smallest absolute Gasteiger partial charge is 0.346 e. The first-order valence-electron chi connectivity index (χ1n) is 8.71. The average Bonchev–Trinajstić information content (AvgIpc) is 3.15. The number of hydrogen-bond acceptors (Lipinski definition) is 6. The van der Waals surface area contributed by atoms with E-state index in [0.717, 1.165) is 24.3 Å². The number of methoxy groups -OCH3 is 1. The number of tetrazole rings is 1. The molecule has 0 spiro atoms. The van der Waals surface area contributed by atoms with Gasteiger partial charge in [-0.25, -0.2) is 0 Å². The molecule has 0 aliphatic rings. The molecule has 0 aliphatic heterocycles. The summed E-state index contributed by atoms with van der Waals surface area (Å²) in [5.41, 5.74) is 1.95. The molecule has 1 aromatic heterocycles. The Morgan fingerprint density at radius 1 is 1.08 bits per heavy atom. The van der Waals surface area contributed by atoms with Crippen LogP contribution in [0.4, 0.5) is 0 Å². The number of para-hydroxylation sites is 1. The van der Waals surface area contributed by atoms with Crippen molar-refractivity contribution in [3.63, 3.8) is 0 Å². The van der Waals surface area contributed by atoms with E-state index in [1.54, 1.807) is 11.8 Å². The second-order valence-corrected chi connectivity index (χ2v) is 5.83. The molecule has 3 aromatic rings. The lowest BCUT2D eigenvalue weighted by molar-refractivity contribution is 0.362. The van der Waals surface area contributed by atoms with Crippen LogP contribution in [0.3, 0.4) is 0 Å². The maximum absolute atomic E-state index is 5.91. The van der Waals surface area contributed by atoms with Crippen LogP contribution in [0.25, 0.3) is 5.69 Å². The Kier molecular flexibility index (Phi) is 6.16. The number of aromatic nitrogens is 4. The molecule has 0 bridgehead atoms. The van der Waals surface area contributed by atoms with Crippen LogP contribution in [0.5, 0.6) is 17.5 Å². The predicted octanol–water partition coefficient (Wildman–Crippen LogP) is 3.35. The van der Waals surface area contributed by atoms with E-state index in [9.17, 15) is 0 Å². The lowest BCUT2D eigenvalue weighted by Crippen LogP contribution is -2.14.